The van der Waals surface area contributed by atoms with Gasteiger partial charge in [-0.25, -0.2) is 0 Å². The number of benzene rings is 10. The molecule has 0 radical (unpaired) electrons. The normalized spacial score (nSPS) is 12.6. The molecule has 0 aliphatic heterocycles. The molecule has 0 fully saturated rings. The van der Waals surface area contributed by atoms with Crippen LogP contribution in [0, 0.1) is 0 Å². The first-order valence-corrected chi connectivity index (χ1v) is 24.7. The lowest BCUT2D eigenvalue weighted by Gasteiger charge is -2.29. The lowest BCUT2D eigenvalue weighted by atomic mass is 10.1. The van der Waals surface area contributed by atoms with Gasteiger partial charge in [-0.15, -0.1) is 5.73 Å². The van der Waals surface area contributed by atoms with Gasteiger partial charge in [-0.1, -0.05) is 176 Å². The molecule has 0 N–H and O–H groups in total. The second kappa shape index (κ2) is 14.9. The third-order valence-corrected chi connectivity index (χ3v) is 15.3. The fraction of sp³-hybridized carbons (Fsp3) is 0. The predicted molar refractivity (Wildman–Crippen MR) is 302 cm³/mol. The van der Waals surface area contributed by atoms with Gasteiger partial charge in [-0.2, -0.15) is 0 Å². The van der Waals surface area contributed by atoms with E-state index in [4.69, 9.17) is 0 Å². The minimum absolute atomic E-state index is 1.03. The molecule has 5 nitrogen and oxygen atoms in total. The molecule has 0 saturated heterocycles. The first-order chi connectivity index (χ1) is 35.8. The van der Waals surface area contributed by atoms with Crippen LogP contribution < -0.4 is 0 Å². The molecule has 0 saturated carbocycles. The molecule has 5 heterocycles. The molecule has 16 rings (SSSR count). The van der Waals surface area contributed by atoms with E-state index in [9.17, 15) is 0 Å². The smallest absolute Gasteiger partial charge is 0.0990 e. The van der Waals surface area contributed by atoms with Gasteiger partial charge in [0.1, 0.15) is 0 Å². The molecule has 0 amide bonds. The Hall–Kier alpha value is -9.80. The second-order valence-electron chi connectivity index (χ2n) is 18.9. The van der Waals surface area contributed by atoms with E-state index in [0.717, 1.165) is 89.3 Å². The monoisotopic (exact) mass is 915 g/mol. The Labute approximate surface area is 413 Å². The summed E-state index contributed by atoms with van der Waals surface area (Å²) in [6.45, 7) is 0. The number of nitrogens with zero attached hydrogens (tertiary/aromatic N) is 5. The van der Waals surface area contributed by atoms with Crippen LogP contribution in [0.25, 0.3) is 139 Å². The molecule has 5 aromatic heterocycles. The first-order valence-electron chi connectivity index (χ1n) is 24.7. The van der Waals surface area contributed by atoms with Crippen molar-refractivity contribution in [2.45, 2.75) is 0 Å². The number of hydrogen-bond acceptors (Lipinski definition) is 0. The Balaban J connectivity index is 1.28. The van der Waals surface area contributed by atoms with Crippen LogP contribution in [0.4, 0.5) is 0 Å². The van der Waals surface area contributed by atoms with Gasteiger partial charge >= 0.3 is 0 Å². The number of hydrogen-bond donors (Lipinski definition) is 0. The van der Waals surface area contributed by atoms with Crippen LogP contribution >= 0.6 is 0 Å². The zero-order valence-electron chi connectivity index (χ0n) is 38.9. The summed E-state index contributed by atoms with van der Waals surface area (Å²) in [5.74, 6) is 0. The summed E-state index contributed by atoms with van der Waals surface area (Å²) in [5, 5.41) is 10.7. The van der Waals surface area contributed by atoms with Crippen LogP contribution in [0.2, 0.25) is 0 Å². The number of fused-ring (bicyclic) bond motifs is 15. The van der Waals surface area contributed by atoms with Crippen LogP contribution in [0.3, 0.4) is 0 Å². The highest BCUT2D eigenvalue weighted by Crippen LogP contribution is 2.50. The van der Waals surface area contributed by atoms with Gasteiger partial charge in [0.15, 0.2) is 0 Å². The molecule has 0 unspecified atom stereocenters. The third-order valence-electron chi connectivity index (χ3n) is 15.3. The molecule has 10 aromatic carbocycles. The van der Waals surface area contributed by atoms with Gasteiger partial charge in [0.25, 0.3) is 0 Å². The summed E-state index contributed by atoms with van der Waals surface area (Å²) in [5.41, 5.74) is 21.1. The first kappa shape index (κ1) is 39.1. The molecule has 1 aliphatic rings. The van der Waals surface area contributed by atoms with Crippen molar-refractivity contribution in [3.05, 3.63) is 254 Å². The van der Waals surface area contributed by atoms with Gasteiger partial charge in [-0.05, 0) is 66.7 Å². The average Bonchev–Trinajstić information content (AvgIpc) is 4.18. The van der Waals surface area contributed by atoms with Crippen molar-refractivity contribution < 1.29 is 0 Å². The van der Waals surface area contributed by atoms with Gasteiger partial charge < -0.3 is 22.8 Å². The third kappa shape index (κ3) is 5.21. The van der Waals surface area contributed by atoms with Crippen molar-refractivity contribution in [3.8, 4) is 28.4 Å². The van der Waals surface area contributed by atoms with Crippen molar-refractivity contribution in [1.82, 2.24) is 22.8 Å². The Morgan fingerprint density at radius 3 is 0.903 bits per heavy atom. The van der Waals surface area contributed by atoms with Crippen molar-refractivity contribution in [1.29, 1.82) is 0 Å². The van der Waals surface area contributed by atoms with E-state index in [1.54, 1.807) is 0 Å². The molecule has 15 aromatic rings. The standard InChI is InChI=1S/C67H41N5/c1-2-22-43-44-23-4-13-33-54(44)68(53(43)32-3-1)63-42-64(69-55-34-14-5-24-45(55)46-25-6-15-35-56(46)69)66(71-59-38-18-9-28-49(59)50-29-10-19-39-60(50)71)67(72-61-40-20-11-30-51(61)52-31-12-21-41-62(52)72)65(63)70-57-36-16-7-26-47(57)48-27-8-17-37-58(48)70/h1-2,4-42H. The van der Waals surface area contributed by atoms with E-state index in [2.05, 4.69) is 271 Å². The molecule has 334 valence electrons. The Kier molecular flexibility index (Phi) is 8.06. The highest BCUT2D eigenvalue weighted by atomic mass is 15.2. The summed E-state index contributed by atoms with van der Waals surface area (Å²) in [6.07, 6.45) is 8.56. The Bertz CT molecular complexity index is 4700. The van der Waals surface area contributed by atoms with E-state index in [1.807, 2.05) is 6.08 Å². The van der Waals surface area contributed by atoms with Crippen molar-refractivity contribution >= 4 is 110 Å². The number of allylic oxidation sites excluding steroid dienone is 2. The highest BCUT2D eigenvalue weighted by molar-refractivity contribution is 6.16. The van der Waals surface area contributed by atoms with Crippen LogP contribution in [-0.4, -0.2) is 22.8 Å². The zero-order chi connectivity index (χ0) is 47.0. The molecule has 72 heavy (non-hydrogen) atoms. The number of rotatable bonds is 5. The zero-order valence-corrected chi connectivity index (χ0v) is 38.9. The minimum atomic E-state index is 1.03. The number of para-hydroxylation sites is 9. The summed E-state index contributed by atoms with van der Waals surface area (Å²) < 4.78 is 12.8. The van der Waals surface area contributed by atoms with Crippen LogP contribution in [0.5, 0.6) is 0 Å². The van der Waals surface area contributed by atoms with Gasteiger partial charge in [0.2, 0.25) is 0 Å². The van der Waals surface area contributed by atoms with E-state index in [-0.39, 0.29) is 0 Å². The average molecular weight is 916 g/mol. The fourth-order valence-corrected chi connectivity index (χ4v) is 12.5. The van der Waals surface area contributed by atoms with E-state index >= 15 is 0 Å². The predicted octanol–water partition coefficient (Wildman–Crippen LogP) is 17.2. The van der Waals surface area contributed by atoms with E-state index in [1.165, 1.54) is 48.5 Å². The molecule has 5 heteroatoms. The van der Waals surface area contributed by atoms with Crippen LogP contribution in [0.15, 0.2) is 242 Å². The quantitative estimate of drug-likeness (QED) is 0.154. The summed E-state index contributed by atoms with van der Waals surface area (Å²) >= 11 is 0. The Morgan fingerprint density at radius 1 is 0.264 bits per heavy atom. The highest BCUT2D eigenvalue weighted by Gasteiger charge is 2.33. The second-order valence-corrected chi connectivity index (χ2v) is 18.9. The summed E-state index contributed by atoms with van der Waals surface area (Å²) in [4.78, 5) is 0. The van der Waals surface area contributed by atoms with Gasteiger partial charge in [0.05, 0.1) is 83.8 Å². The maximum Gasteiger partial charge on any atom is 0.0990 e. The topological polar surface area (TPSA) is 24.6 Å². The Morgan fingerprint density at radius 2 is 0.542 bits per heavy atom. The van der Waals surface area contributed by atoms with Crippen LogP contribution in [-0.2, 0) is 0 Å². The molecule has 0 bridgehead atoms. The maximum atomic E-state index is 3.56. The van der Waals surface area contributed by atoms with Gasteiger partial charge in [-0.3, -0.25) is 0 Å². The van der Waals surface area contributed by atoms with Crippen molar-refractivity contribution in [2.75, 3.05) is 0 Å². The molecule has 1 aliphatic carbocycles. The minimum Gasteiger partial charge on any atom is -0.307 e. The van der Waals surface area contributed by atoms with Crippen molar-refractivity contribution in [3.63, 3.8) is 0 Å². The molecule has 0 atom stereocenters. The van der Waals surface area contributed by atoms with Gasteiger partial charge in [0, 0.05) is 60.1 Å². The van der Waals surface area contributed by atoms with E-state index < -0.39 is 0 Å². The summed E-state index contributed by atoms with van der Waals surface area (Å²) in [6, 6.07) is 82.9. The fourth-order valence-electron chi connectivity index (χ4n) is 12.5. The van der Waals surface area contributed by atoms with Crippen molar-refractivity contribution in [2.24, 2.45) is 0 Å². The SMILES string of the molecule is C1=CC=Cc2c(n(-c3cc(-n4c5ccccc5c5ccccc54)c(-n4c5ccccc5c5ccccc54)c(-n4c5ccccc5c5ccccc54)c3-n3c4ccccc4c4ccccc43)c3ccccc23)C=1. The lowest BCUT2D eigenvalue weighted by Crippen LogP contribution is -2.16. The number of aromatic nitrogens is 5. The molecular formula is C67H41N5. The largest absolute Gasteiger partial charge is 0.307 e. The lowest BCUT2D eigenvalue weighted by molar-refractivity contribution is 0.987. The molecular weight excluding hydrogens is 875 g/mol. The van der Waals surface area contributed by atoms with E-state index in [0.29, 0.717) is 0 Å². The maximum absolute atomic E-state index is 3.56. The van der Waals surface area contributed by atoms with Crippen LogP contribution in [0.1, 0.15) is 11.3 Å². The summed E-state index contributed by atoms with van der Waals surface area (Å²) in [7, 11) is 0. The molecule has 0 spiro atoms.